The number of anilines is 1. The number of nitrogens with zero attached hydrogens (tertiary/aromatic N) is 3. The van der Waals surface area contributed by atoms with Crippen molar-refractivity contribution in [2.45, 2.75) is 18.9 Å². The molecule has 0 aromatic carbocycles. The van der Waals surface area contributed by atoms with Crippen LogP contribution in [0.1, 0.15) is 23.3 Å². The van der Waals surface area contributed by atoms with Crippen LogP contribution in [0.3, 0.4) is 0 Å². The van der Waals surface area contributed by atoms with Crippen molar-refractivity contribution in [1.29, 1.82) is 0 Å². The molecule has 92 valence electrons. The van der Waals surface area contributed by atoms with Gasteiger partial charge < -0.3 is 16.0 Å². The van der Waals surface area contributed by atoms with Gasteiger partial charge in [0.05, 0.1) is 0 Å². The first-order valence-electron chi connectivity index (χ1n) is 5.78. The summed E-state index contributed by atoms with van der Waals surface area (Å²) in [7, 11) is 1.57. The predicted molar refractivity (Wildman–Crippen MR) is 64.8 cm³/mol. The van der Waals surface area contributed by atoms with Gasteiger partial charge in [0.25, 0.3) is 5.91 Å². The summed E-state index contributed by atoms with van der Waals surface area (Å²) in [5, 5.41) is 10.5. The smallest absolute Gasteiger partial charge is 0.271 e. The van der Waals surface area contributed by atoms with Gasteiger partial charge in [-0.1, -0.05) is 0 Å². The predicted octanol–water partition coefficient (Wildman–Crippen LogP) is -0.236. The zero-order valence-electron chi connectivity index (χ0n) is 9.89. The van der Waals surface area contributed by atoms with E-state index in [1.54, 1.807) is 13.1 Å². The monoisotopic (exact) mass is 235 g/mol. The molecule has 1 aliphatic heterocycles. The Balaban J connectivity index is 2.15. The highest BCUT2D eigenvalue weighted by Crippen LogP contribution is 2.22. The molecule has 1 unspecified atom stereocenters. The number of hydrogen-bond donors (Lipinski definition) is 2. The third-order valence-corrected chi connectivity index (χ3v) is 3.05. The van der Waals surface area contributed by atoms with Gasteiger partial charge in [0, 0.05) is 26.2 Å². The van der Waals surface area contributed by atoms with E-state index in [1.165, 1.54) is 0 Å². The van der Waals surface area contributed by atoms with Crippen LogP contribution < -0.4 is 16.0 Å². The van der Waals surface area contributed by atoms with Gasteiger partial charge in [-0.3, -0.25) is 4.79 Å². The third kappa shape index (κ3) is 2.36. The van der Waals surface area contributed by atoms with Crippen LogP contribution in [0.4, 0.5) is 5.82 Å². The molecular weight excluding hydrogens is 218 g/mol. The Labute approximate surface area is 100 Å². The molecule has 6 heteroatoms. The number of amides is 1. The Kier molecular flexibility index (Phi) is 3.53. The number of hydrogen-bond acceptors (Lipinski definition) is 5. The van der Waals surface area contributed by atoms with Gasteiger partial charge in [0.2, 0.25) is 0 Å². The molecule has 2 heterocycles. The van der Waals surface area contributed by atoms with E-state index in [2.05, 4.69) is 20.4 Å². The number of carbonyl (C=O) groups is 1. The highest BCUT2D eigenvalue weighted by atomic mass is 16.1. The van der Waals surface area contributed by atoms with Crippen LogP contribution in [0.5, 0.6) is 0 Å². The van der Waals surface area contributed by atoms with E-state index in [0.29, 0.717) is 18.3 Å². The molecular formula is C11H17N5O. The summed E-state index contributed by atoms with van der Waals surface area (Å²) in [6, 6.07) is 3.86. The second kappa shape index (κ2) is 5.09. The van der Waals surface area contributed by atoms with Crippen molar-refractivity contribution in [2.75, 3.05) is 25.0 Å². The first-order valence-corrected chi connectivity index (χ1v) is 5.78. The van der Waals surface area contributed by atoms with E-state index in [1.807, 2.05) is 6.07 Å². The number of carbonyl (C=O) groups excluding carboxylic acids is 1. The average Bonchev–Trinajstić information content (AvgIpc) is 2.86. The zero-order chi connectivity index (χ0) is 12.3. The molecule has 1 aromatic heterocycles. The molecule has 1 aromatic rings. The van der Waals surface area contributed by atoms with Crippen molar-refractivity contribution in [2.24, 2.45) is 5.73 Å². The quantitative estimate of drug-likeness (QED) is 0.755. The van der Waals surface area contributed by atoms with Gasteiger partial charge in [-0.05, 0) is 25.0 Å². The number of nitrogens with two attached hydrogens (primary N) is 1. The van der Waals surface area contributed by atoms with Crippen LogP contribution in [0, 0.1) is 0 Å². The van der Waals surface area contributed by atoms with Crippen molar-refractivity contribution in [3.63, 3.8) is 0 Å². The molecule has 0 bridgehead atoms. The Morgan fingerprint density at radius 1 is 1.59 bits per heavy atom. The van der Waals surface area contributed by atoms with Crippen LogP contribution in [0.25, 0.3) is 0 Å². The Morgan fingerprint density at radius 2 is 2.41 bits per heavy atom. The summed E-state index contributed by atoms with van der Waals surface area (Å²) in [6.45, 7) is 1.58. The first-order chi connectivity index (χ1) is 8.26. The molecule has 17 heavy (non-hydrogen) atoms. The van der Waals surface area contributed by atoms with Crippen LogP contribution in [-0.2, 0) is 0 Å². The standard InChI is InChI=1S/C11H17N5O/c1-13-11(17)9-4-5-10(15-14-9)16-6-2-3-8(16)7-12/h4-5,8H,2-3,6-7,12H2,1H3,(H,13,17). The number of rotatable bonds is 3. The maximum atomic E-state index is 11.3. The van der Waals surface area contributed by atoms with Crippen molar-refractivity contribution < 1.29 is 4.79 Å². The van der Waals surface area contributed by atoms with E-state index >= 15 is 0 Å². The van der Waals surface area contributed by atoms with Crippen molar-refractivity contribution in [3.05, 3.63) is 17.8 Å². The summed E-state index contributed by atoms with van der Waals surface area (Å²) in [6.07, 6.45) is 2.22. The lowest BCUT2D eigenvalue weighted by Crippen LogP contribution is -2.36. The Morgan fingerprint density at radius 3 is 3.00 bits per heavy atom. The SMILES string of the molecule is CNC(=O)c1ccc(N2CCCC2CN)nn1. The van der Waals surface area contributed by atoms with Gasteiger partial charge >= 0.3 is 0 Å². The van der Waals surface area contributed by atoms with Gasteiger partial charge in [-0.15, -0.1) is 10.2 Å². The first kappa shape index (κ1) is 11.8. The van der Waals surface area contributed by atoms with Crippen LogP contribution in [0.15, 0.2) is 12.1 Å². The van der Waals surface area contributed by atoms with Gasteiger partial charge in [0.1, 0.15) is 0 Å². The van der Waals surface area contributed by atoms with E-state index in [4.69, 9.17) is 5.73 Å². The van der Waals surface area contributed by atoms with Crippen molar-refractivity contribution >= 4 is 11.7 Å². The summed E-state index contributed by atoms with van der Waals surface area (Å²) in [5.41, 5.74) is 6.04. The molecule has 1 fully saturated rings. The van der Waals surface area contributed by atoms with Crippen molar-refractivity contribution in [3.8, 4) is 0 Å². The van der Waals surface area contributed by atoms with Crippen LogP contribution in [-0.4, -0.2) is 42.3 Å². The fourth-order valence-corrected chi connectivity index (χ4v) is 2.11. The van der Waals surface area contributed by atoms with Crippen LogP contribution >= 0.6 is 0 Å². The average molecular weight is 235 g/mol. The summed E-state index contributed by atoms with van der Waals surface area (Å²) < 4.78 is 0. The second-order valence-electron chi connectivity index (χ2n) is 4.08. The second-order valence-corrected chi connectivity index (χ2v) is 4.08. The lowest BCUT2D eigenvalue weighted by molar-refractivity contribution is 0.0957. The molecule has 1 atom stereocenters. The molecule has 0 spiro atoms. The van der Waals surface area contributed by atoms with Gasteiger partial charge in [0.15, 0.2) is 11.5 Å². The van der Waals surface area contributed by atoms with E-state index in [9.17, 15) is 4.79 Å². The topological polar surface area (TPSA) is 84.1 Å². The Bertz CT molecular complexity index is 391. The molecule has 0 saturated carbocycles. The largest absolute Gasteiger partial charge is 0.354 e. The molecule has 0 radical (unpaired) electrons. The van der Waals surface area contributed by atoms with E-state index in [-0.39, 0.29) is 5.91 Å². The number of aromatic nitrogens is 2. The summed E-state index contributed by atoms with van der Waals surface area (Å²) in [4.78, 5) is 13.5. The molecule has 3 N–H and O–H groups in total. The maximum absolute atomic E-state index is 11.3. The minimum Gasteiger partial charge on any atom is -0.354 e. The summed E-state index contributed by atoms with van der Waals surface area (Å²) >= 11 is 0. The number of nitrogens with one attached hydrogen (secondary N) is 1. The van der Waals surface area contributed by atoms with E-state index in [0.717, 1.165) is 25.2 Å². The molecule has 1 saturated heterocycles. The molecule has 2 rings (SSSR count). The minimum atomic E-state index is -0.221. The third-order valence-electron chi connectivity index (χ3n) is 3.05. The molecule has 0 aliphatic carbocycles. The lowest BCUT2D eigenvalue weighted by Gasteiger charge is -2.23. The normalized spacial score (nSPS) is 19.4. The molecule has 1 aliphatic rings. The fourth-order valence-electron chi connectivity index (χ4n) is 2.11. The highest BCUT2D eigenvalue weighted by Gasteiger charge is 2.24. The highest BCUT2D eigenvalue weighted by molar-refractivity contribution is 5.91. The summed E-state index contributed by atoms with van der Waals surface area (Å²) in [5.74, 6) is 0.575. The van der Waals surface area contributed by atoms with Crippen molar-refractivity contribution in [1.82, 2.24) is 15.5 Å². The fraction of sp³-hybridized carbons (Fsp3) is 0.545. The van der Waals surface area contributed by atoms with Crippen LogP contribution in [0.2, 0.25) is 0 Å². The van der Waals surface area contributed by atoms with E-state index < -0.39 is 0 Å². The van der Waals surface area contributed by atoms with Gasteiger partial charge in [-0.25, -0.2) is 0 Å². The Hall–Kier alpha value is -1.69. The molecule has 6 nitrogen and oxygen atoms in total. The zero-order valence-corrected chi connectivity index (χ0v) is 9.89. The minimum absolute atomic E-state index is 0.221. The maximum Gasteiger partial charge on any atom is 0.271 e. The molecule has 1 amide bonds. The van der Waals surface area contributed by atoms with Gasteiger partial charge in [-0.2, -0.15) is 0 Å². The lowest BCUT2D eigenvalue weighted by atomic mass is 10.2.